The standard InChI is InChI=1S/C25H26N4O8/c1-23(2)24(3)8-9-25(23,22(31)26-16-6-5-7-19(12-16)36-4)14-20(24)27-37-21(30)15-10-17(28(32)33)13-18(11-15)29(34)35/h5-7,10-13H,8-9,14H2,1-4H3,(H,26,31). The summed E-state index contributed by atoms with van der Waals surface area (Å²) < 4.78 is 5.23. The lowest BCUT2D eigenvalue weighted by molar-refractivity contribution is -0.394. The molecule has 2 fully saturated rings. The van der Waals surface area contributed by atoms with E-state index in [4.69, 9.17) is 9.57 Å². The number of anilines is 1. The first-order chi connectivity index (χ1) is 17.3. The van der Waals surface area contributed by atoms with E-state index in [1.807, 2.05) is 20.8 Å². The predicted molar refractivity (Wildman–Crippen MR) is 132 cm³/mol. The van der Waals surface area contributed by atoms with Crippen LogP contribution in [0.2, 0.25) is 0 Å². The van der Waals surface area contributed by atoms with E-state index in [-0.39, 0.29) is 17.9 Å². The van der Waals surface area contributed by atoms with Crippen LogP contribution in [0.1, 0.15) is 50.4 Å². The van der Waals surface area contributed by atoms with E-state index < -0.39 is 43.4 Å². The van der Waals surface area contributed by atoms with E-state index >= 15 is 0 Å². The average Bonchev–Trinajstić information content (AvgIpc) is 3.17. The molecule has 0 aromatic heterocycles. The van der Waals surface area contributed by atoms with Crippen LogP contribution in [-0.2, 0) is 9.63 Å². The van der Waals surface area contributed by atoms with Crippen molar-refractivity contribution in [1.82, 2.24) is 0 Å². The van der Waals surface area contributed by atoms with Crippen LogP contribution >= 0.6 is 0 Å². The third-order valence-corrected chi connectivity index (χ3v) is 8.29. The molecule has 0 aliphatic heterocycles. The molecule has 2 atom stereocenters. The SMILES string of the molecule is COc1cccc(NC(=O)C23CCC(C)(C(=NOC(=O)c4cc([N+](=O)[O-])cc([N+](=O)[O-])c4)C2)C3(C)C)c1. The fourth-order valence-electron chi connectivity index (χ4n) is 5.55. The van der Waals surface area contributed by atoms with Gasteiger partial charge in [-0.2, -0.15) is 0 Å². The van der Waals surface area contributed by atoms with E-state index in [0.717, 1.165) is 18.2 Å². The maximum Gasteiger partial charge on any atom is 0.366 e. The molecule has 0 heterocycles. The largest absolute Gasteiger partial charge is 0.497 e. The van der Waals surface area contributed by atoms with Crippen LogP contribution in [0, 0.1) is 36.5 Å². The summed E-state index contributed by atoms with van der Waals surface area (Å²) in [6, 6.07) is 9.58. The highest BCUT2D eigenvalue weighted by atomic mass is 16.7. The van der Waals surface area contributed by atoms with E-state index in [0.29, 0.717) is 30.0 Å². The zero-order valence-electron chi connectivity index (χ0n) is 20.8. The molecule has 0 radical (unpaired) electrons. The Bertz CT molecular complexity index is 1320. The number of nitrogens with one attached hydrogen (secondary N) is 1. The normalized spacial score (nSPS) is 24.5. The minimum atomic E-state index is -1.07. The Kier molecular flexibility index (Phi) is 6.22. The Morgan fingerprint density at radius 1 is 1.00 bits per heavy atom. The number of methoxy groups -OCH3 is 1. The van der Waals surface area contributed by atoms with Crippen LogP contribution in [0.5, 0.6) is 5.75 Å². The summed E-state index contributed by atoms with van der Waals surface area (Å²) in [6.45, 7) is 5.93. The van der Waals surface area contributed by atoms with Crippen molar-refractivity contribution < 1.29 is 29.0 Å². The molecule has 2 aromatic rings. The molecule has 1 amide bonds. The predicted octanol–water partition coefficient (Wildman–Crippen LogP) is 4.88. The Hall–Kier alpha value is -4.35. The minimum Gasteiger partial charge on any atom is -0.497 e. The van der Waals surface area contributed by atoms with Crippen molar-refractivity contribution in [1.29, 1.82) is 0 Å². The number of nitro groups is 2. The van der Waals surface area contributed by atoms with Gasteiger partial charge in [-0.25, -0.2) is 4.79 Å². The molecule has 2 saturated carbocycles. The van der Waals surface area contributed by atoms with Gasteiger partial charge in [0.05, 0.1) is 39.7 Å². The number of carbonyl (C=O) groups is 2. The number of benzene rings is 2. The molecular formula is C25H26N4O8. The van der Waals surface area contributed by atoms with Crippen molar-refractivity contribution in [2.24, 2.45) is 21.4 Å². The van der Waals surface area contributed by atoms with Gasteiger partial charge in [0.25, 0.3) is 11.4 Å². The summed E-state index contributed by atoms with van der Waals surface area (Å²) >= 11 is 0. The van der Waals surface area contributed by atoms with Gasteiger partial charge in [0.1, 0.15) is 5.75 Å². The van der Waals surface area contributed by atoms with Crippen molar-refractivity contribution >= 4 is 34.7 Å². The first-order valence-electron chi connectivity index (χ1n) is 11.5. The molecular weight excluding hydrogens is 484 g/mol. The number of non-ortho nitro benzene ring substituents is 2. The highest BCUT2D eigenvalue weighted by Crippen LogP contribution is 2.71. The molecule has 2 aliphatic carbocycles. The summed E-state index contributed by atoms with van der Waals surface area (Å²) in [7, 11) is 1.54. The van der Waals surface area contributed by atoms with E-state index in [2.05, 4.69) is 10.5 Å². The molecule has 0 spiro atoms. The smallest absolute Gasteiger partial charge is 0.366 e. The molecule has 0 saturated heterocycles. The number of oxime groups is 1. The van der Waals surface area contributed by atoms with Gasteiger partial charge >= 0.3 is 5.97 Å². The number of amides is 1. The molecule has 2 aromatic carbocycles. The Labute approximate surface area is 211 Å². The summed E-state index contributed by atoms with van der Waals surface area (Å²) in [6.07, 6.45) is 1.48. The van der Waals surface area contributed by atoms with Crippen molar-refractivity contribution in [2.75, 3.05) is 12.4 Å². The topological polar surface area (TPSA) is 163 Å². The second-order valence-electron chi connectivity index (χ2n) is 10.1. The third-order valence-electron chi connectivity index (χ3n) is 8.29. The van der Waals surface area contributed by atoms with Gasteiger partial charge in [-0.1, -0.05) is 32.0 Å². The fraction of sp³-hybridized carbons (Fsp3) is 0.400. The summed E-state index contributed by atoms with van der Waals surface area (Å²) in [4.78, 5) is 52.0. The van der Waals surface area contributed by atoms with Gasteiger partial charge in [0, 0.05) is 35.7 Å². The van der Waals surface area contributed by atoms with Crippen LogP contribution < -0.4 is 10.1 Å². The van der Waals surface area contributed by atoms with Crippen molar-refractivity contribution in [2.45, 2.75) is 40.0 Å². The summed E-state index contributed by atoms with van der Waals surface area (Å²) in [5, 5.41) is 29.4. The number of rotatable bonds is 7. The number of hydrogen-bond donors (Lipinski definition) is 1. The Morgan fingerprint density at radius 3 is 2.24 bits per heavy atom. The maximum atomic E-state index is 13.6. The highest BCUT2D eigenvalue weighted by molar-refractivity contribution is 6.06. The molecule has 1 N–H and O–H groups in total. The number of carbonyl (C=O) groups excluding carboxylic acids is 2. The molecule has 37 heavy (non-hydrogen) atoms. The first kappa shape index (κ1) is 25.7. The molecule has 2 aliphatic rings. The average molecular weight is 511 g/mol. The van der Waals surface area contributed by atoms with Gasteiger partial charge in [0.15, 0.2) is 0 Å². The molecule has 4 rings (SSSR count). The number of hydrogen-bond acceptors (Lipinski definition) is 9. The lowest BCUT2D eigenvalue weighted by atomic mass is 9.64. The summed E-state index contributed by atoms with van der Waals surface area (Å²) in [5.41, 5.74) is -2.43. The lowest BCUT2D eigenvalue weighted by Crippen LogP contribution is -2.43. The molecule has 2 bridgehead atoms. The molecule has 194 valence electrons. The van der Waals surface area contributed by atoms with Gasteiger partial charge in [-0.05, 0) is 30.4 Å². The van der Waals surface area contributed by atoms with E-state index in [9.17, 15) is 29.8 Å². The van der Waals surface area contributed by atoms with Crippen LogP contribution in [0.4, 0.5) is 17.1 Å². The van der Waals surface area contributed by atoms with Crippen LogP contribution in [0.25, 0.3) is 0 Å². The second kappa shape index (κ2) is 8.95. The Balaban J connectivity index is 1.60. The zero-order chi connectivity index (χ0) is 27.2. The van der Waals surface area contributed by atoms with E-state index in [1.165, 1.54) is 7.11 Å². The highest BCUT2D eigenvalue weighted by Gasteiger charge is 2.71. The molecule has 12 heteroatoms. The first-order valence-corrected chi connectivity index (χ1v) is 11.5. The van der Waals surface area contributed by atoms with Gasteiger partial charge in [0.2, 0.25) is 5.91 Å². The third kappa shape index (κ3) is 4.07. The monoisotopic (exact) mass is 510 g/mol. The van der Waals surface area contributed by atoms with Gasteiger partial charge in [-0.3, -0.25) is 25.0 Å². The zero-order valence-corrected chi connectivity index (χ0v) is 20.8. The lowest BCUT2D eigenvalue weighted by Gasteiger charge is -2.39. The quantitative estimate of drug-likeness (QED) is 0.313. The van der Waals surface area contributed by atoms with Crippen LogP contribution in [-0.4, -0.2) is 34.5 Å². The van der Waals surface area contributed by atoms with Crippen molar-refractivity contribution in [3.63, 3.8) is 0 Å². The van der Waals surface area contributed by atoms with Gasteiger partial charge in [-0.15, -0.1) is 0 Å². The van der Waals surface area contributed by atoms with Crippen molar-refractivity contribution in [3.8, 4) is 5.75 Å². The van der Waals surface area contributed by atoms with E-state index in [1.54, 1.807) is 24.3 Å². The summed E-state index contributed by atoms with van der Waals surface area (Å²) in [5.74, 6) is -0.647. The number of fused-ring (bicyclic) bond motifs is 2. The molecule has 2 unspecified atom stereocenters. The van der Waals surface area contributed by atoms with Crippen LogP contribution in [0.15, 0.2) is 47.6 Å². The second-order valence-corrected chi connectivity index (χ2v) is 10.1. The van der Waals surface area contributed by atoms with Gasteiger partial charge < -0.3 is 14.9 Å². The fourth-order valence-corrected chi connectivity index (χ4v) is 5.55. The minimum absolute atomic E-state index is 0.180. The Morgan fingerprint density at radius 2 is 1.65 bits per heavy atom. The van der Waals surface area contributed by atoms with Crippen molar-refractivity contribution in [3.05, 3.63) is 68.3 Å². The number of nitro benzene ring substituents is 2. The van der Waals surface area contributed by atoms with Crippen LogP contribution in [0.3, 0.4) is 0 Å². The molecule has 12 nitrogen and oxygen atoms in total. The number of nitrogens with zero attached hydrogens (tertiary/aromatic N) is 3. The maximum absolute atomic E-state index is 13.6. The number of ether oxygens (including phenoxy) is 1.